The summed E-state index contributed by atoms with van der Waals surface area (Å²) in [4.78, 5) is 20.3. The zero-order chi connectivity index (χ0) is 29.8. The first kappa shape index (κ1) is 30.9. The number of nitrogens with one attached hydrogen (secondary N) is 1. The molecule has 0 spiro atoms. The predicted octanol–water partition coefficient (Wildman–Crippen LogP) is 7.79. The van der Waals surface area contributed by atoms with Crippen LogP contribution in [0.15, 0.2) is 54.9 Å². The normalized spacial score (nSPS) is 13.0. The Morgan fingerprint density at radius 2 is 1.65 bits per heavy atom. The lowest BCUT2D eigenvalue weighted by Gasteiger charge is -2.21. The minimum atomic E-state index is -5.23. The molecule has 0 saturated carbocycles. The van der Waals surface area contributed by atoms with Gasteiger partial charge in [0.1, 0.15) is 18.3 Å². The molecule has 0 fully saturated rings. The van der Waals surface area contributed by atoms with Gasteiger partial charge in [0.05, 0.1) is 32.3 Å². The second-order valence-electron chi connectivity index (χ2n) is 7.82. The summed E-state index contributed by atoms with van der Waals surface area (Å²) in [5.74, 6) is -5.92. The molecule has 2 aromatic carbocycles. The highest BCUT2D eigenvalue weighted by atomic mass is 35.5. The maximum Gasteiger partial charge on any atom is 0.417 e. The molecule has 3 aromatic rings. The van der Waals surface area contributed by atoms with Crippen molar-refractivity contribution in [1.29, 1.82) is 5.26 Å². The number of hydrogen-bond acceptors (Lipinski definition) is 5. The van der Waals surface area contributed by atoms with Gasteiger partial charge in [-0.15, -0.1) is 0 Å². The zero-order valence-electron chi connectivity index (χ0n) is 19.5. The maximum absolute atomic E-state index is 15.1. The number of hydrazine groups is 1. The first-order valence-corrected chi connectivity index (χ1v) is 11.8. The average molecular weight is 627 g/mol. The number of alkyl halides is 6. The smallest absolute Gasteiger partial charge is 0.267 e. The second-order valence-corrected chi connectivity index (χ2v) is 9.02. The minimum Gasteiger partial charge on any atom is -0.267 e. The molecule has 0 radical (unpaired) electrons. The lowest BCUT2D eigenvalue weighted by atomic mass is 9.95. The standard InChI is InChI=1S/C24H13Cl3F7N5O/c25-17-9-13(10-18(26)20(17)27)15(23(29,30)31)11-19(28)12-2-3-14(16(8-12)24(32,33)34)21(40)38-39(7-4-35)22-36-5-1-6-37-22/h1-3,5-6,8-11,15H,7H2,(H,38,40). The fraction of sp³-hybridized carbons (Fsp3) is 0.167. The molecule has 0 saturated heterocycles. The summed E-state index contributed by atoms with van der Waals surface area (Å²) in [5.41, 5.74) is -2.12. The summed E-state index contributed by atoms with van der Waals surface area (Å²) in [6, 6.07) is 6.16. The summed E-state index contributed by atoms with van der Waals surface area (Å²) >= 11 is 17.3. The number of amides is 1. The molecular formula is C24H13Cl3F7N5O. The van der Waals surface area contributed by atoms with Crippen molar-refractivity contribution in [1.82, 2.24) is 15.4 Å². The molecule has 3 rings (SSSR count). The lowest BCUT2D eigenvalue weighted by molar-refractivity contribution is -0.140. The van der Waals surface area contributed by atoms with Crippen LogP contribution in [-0.2, 0) is 6.18 Å². The molecule has 0 aliphatic carbocycles. The van der Waals surface area contributed by atoms with Gasteiger partial charge in [-0.25, -0.2) is 19.4 Å². The number of carbonyl (C=O) groups excluding carboxylic acids is 1. The van der Waals surface area contributed by atoms with E-state index in [1.165, 1.54) is 18.5 Å². The van der Waals surface area contributed by atoms with Crippen molar-refractivity contribution in [3.8, 4) is 6.07 Å². The van der Waals surface area contributed by atoms with Crippen LogP contribution in [-0.4, -0.2) is 28.6 Å². The van der Waals surface area contributed by atoms with E-state index in [9.17, 15) is 31.1 Å². The van der Waals surface area contributed by atoms with Gasteiger partial charge in [0.2, 0.25) is 5.95 Å². The van der Waals surface area contributed by atoms with Crippen LogP contribution in [0.25, 0.3) is 5.83 Å². The van der Waals surface area contributed by atoms with E-state index in [0.717, 1.165) is 17.1 Å². The Hall–Kier alpha value is -3.60. The van der Waals surface area contributed by atoms with E-state index >= 15 is 4.39 Å². The fourth-order valence-electron chi connectivity index (χ4n) is 3.35. The van der Waals surface area contributed by atoms with E-state index in [0.29, 0.717) is 12.1 Å². The predicted molar refractivity (Wildman–Crippen MR) is 133 cm³/mol. The van der Waals surface area contributed by atoms with E-state index in [1.54, 1.807) is 6.07 Å². The van der Waals surface area contributed by atoms with E-state index in [2.05, 4.69) is 15.4 Å². The molecule has 1 atom stereocenters. The molecule has 0 aliphatic rings. The summed E-state index contributed by atoms with van der Waals surface area (Å²) in [6.07, 6.45) is -7.78. The van der Waals surface area contributed by atoms with Gasteiger partial charge in [-0.2, -0.15) is 31.6 Å². The Kier molecular flexibility index (Phi) is 9.50. The molecule has 1 N–H and O–H groups in total. The number of rotatable bonds is 7. The van der Waals surface area contributed by atoms with Crippen LogP contribution in [0.3, 0.4) is 0 Å². The number of anilines is 1. The monoisotopic (exact) mass is 625 g/mol. The quantitative estimate of drug-likeness (QED) is 0.125. The summed E-state index contributed by atoms with van der Waals surface area (Å²) in [6.45, 7) is -0.551. The Morgan fingerprint density at radius 3 is 2.17 bits per heavy atom. The van der Waals surface area contributed by atoms with Crippen molar-refractivity contribution in [2.24, 2.45) is 0 Å². The van der Waals surface area contributed by atoms with E-state index in [-0.39, 0.29) is 33.2 Å². The van der Waals surface area contributed by atoms with E-state index in [4.69, 9.17) is 40.1 Å². The number of aromatic nitrogens is 2. The van der Waals surface area contributed by atoms with Crippen LogP contribution in [0.2, 0.25) is 15.1 Å². The highest BCUT2D eigenvalue weighted by molar-refractivity contribution is 6.48. The zero-order valence-corrected chi connectivity index (χ0v) is 21.7. The molecule has 210 valence electrons. The average Bonchev–Trinajstić information content (AvgIpc) is 2.88. The van der Waals surface area contributed by atoms with Gasteiger partial charge in [-0.05, 0) is 42.0 Å². The van der Waals surface area contributed by atoms with E-state index < -0.39 is 58.8 Å². The Bertz CT molecular complexity index is 1450. The highest BCUT2D eigenvalue weighted by Gasteiger charge is 2.41. The molecule has 1 heterocycles. The number of carbonyl (C=O) groups is 1. The molecular weight excluding hydrogens is 614 g/mol. The van der Waals surface area contributed by atoms with Crippen molar-refractivity contribution < 1.29 is 35.5 Å². The van der Waals surface area contributed by atoms with Crippen molar-refractivity contribution >= 4 is 52.5 Å². The van der Waals surface area contributed by atoms with Crippen LogP contribution in [0.4, 0.5) is 36.7 Å². The van der Waals surface area contributed by atoms with Gasteiger partial charge < -0.3 is 0 Å². The Morgan fingerprint density at radius 1 is 1.05 bits per heavy atom. The fourth-order valence-corrected chi connectivity index (χ4v) is 3.96. The van der Waals surface area contributed by atoms with Crippen LogP contribution in [0.5, 0.6) is 0 Å². The largest absolute Gasteiger partial charge is 0.417 e. The van der Waals surface area contributed by atoms with Crippen LogP contribution >= 0.6 is 34.8 Å². The van der Waals surface area contributed by atoms with Gasteiger partial charge in [-0.1, -0.05) is 40.9 Å². The molecule has 1 amide bonds. The van der Waals surface area contributed by atoms with Gasteiger partial charge >= 0.3 is 12.4 Å². The summed E-state index contributed by atoms with van der Waals surface area (Å²) in [5, 5.41) is 8.81. The molecule has 16 heteroatoms. The van der Waals surface area contributed by atoms with Crippen LogP contribution < -0.4 is 10.4 Å². The van der Waals surface area contributed by atoms with Crippen LogP contribution in [0, 0.1) is 11.3 Å². The first-order valence-electron chi connectivity index (χ1n) is 10.7. The van der Waals surface area contributed by atoms with Crippen molar-refractivity contribution in [3.63, 3.8) is 0 Å². The minimum absolute atomic E-state index is 0.0481. The molecule has 1 unspecified atom stereocenters. The molecule has 40 heavy (non-hydrogen) atoms. The molecule has 6 nitrogen and oxygen atoms in total. The van der Waals surface area contributed by atoms with Crippen molar-refractivity contribution in [2.75, 3.05) is 11.6 Å². The maximum atomic E-state index is 15.1. The van der Waals surface area contributed by atoms with Gasteiger partial charge in [0, 0.05) is 18.0 Å². The second kappa shape index (κ2) is 12.3. The number of allylic oxidation sites excluding steroid dienone is 1. The van der Waals surface area contributed by atoms with Crippen molar-refractivity contribution in [2.45, 2.75) is 18.3 Å². The van der Waals surface area contributed by atoms with Gasteiger partial charge in [0.15, 0.2) is 0 Å². The summed E-state index contributed by atoms with van der Waals surface area (Å²) < 4.78 is 98.1. The lowest BCUT2D eigenvalue weighted by Crippen LogP contribution is -2.44. The third-order valence-corrected chi connectivity index (χ3v) is 6.33. The third kappa shape index (κ3) is 7.32. The summed E-state index contributed by atoms with van der Waals surface area (Å²) in [7, 11) is 0. The first-order chi connectivity index (χ1) is 18.6. The van der Waals surface area contributed by atoms with Crippen molar-refractivity contribution in [3.05, 3.63) is 92.2 Å². The number of nitrogens with zero attached hydrogens (tertiary/aromatic N) is 4. The number of benzene rings is 2. The topological polar surface area (TPSA) is 81.9 Å². The Balaban J connectivity index is 2.03. The molecule has 0 bridgehead atoms. The SMILES string of the molecule is N#CCN(NC(=O)c1ccc(C(F)=CC(c2cc(Cl)c(Cl)c(Cl)c2)C(F)(F)F)cc1C(F)(F)F)c1ncccn1. The number of hydrogen-bond donors (Lipinski definition) is 1. The van der Waals surface area contributed by atoms with Gasteiger partial charge in [0.25, 0.3) is 5.91 Å². The molecule has 0 aliphatic heterocycles. The third-order valence-electron chi connectivity index (χ3n) is 5.14. The molecule has 1 aromatic heterocycles. The Labute approximate surface area is 236 Å². The van der Waals surface area contributed by atoms with Gasteiger partial charge in [-0.3, -0.25) is 10.2 Å². The van der Waals surface area contributed by atoms with E-state index in [1.807, 2.05) is 0 Å². The van der Waals surface area contributed by atoms with Crippen LogP contribution in [0.1, 0.15) is 33.0 Å². The number of halogens is 10. The number of nitriles is 1. The highest BCUT2D eigenvalue weighted by Crippen LogP contribution is 2.42.